The molecule has 0 spiro atoms. The lowest BCUT2D eigenvalue weighted by molar-refractivity contribution is -0.141. The lowest BCUT2D eigenvalue weighted by Gasteiger charge is -2.31. The Balaban J connectivity index is 1.82. The van der Waals surface area contributed by atoms with Crippen LogP contribution >= 0.6 is 23.2 Å². The quantitative estimate of drug-likeness (QED) is 0.548. The van der Waals surface area contributed by atoms with E-state index in [1.54, 1.807) is 23.1 Å². The second kappa shape index (κ2) is 11.0. The third-order valence-corrected chi connectivity index (χ3v) is 6.64. The number of carbonyl (C=O) groups excluding carboxylic acids is 2. The van der Waals surface area contributed by atoms with Gasteiger partial charge in [-0.2, -0.15) is 0 Å². The van der Waals surface area contributed by atoms with Crippen molar-refractivity contribution < 1.29 is 9.59 Å². The van der Waals surface area contributed by atoms with Crippen LogP contribution in [0.15, 0.2) is 42.5 Å². The van der Waals surface area contributed by atoms with Crippen molar-refractivity contribution in [3.05, 3.63) is 69.2 Å². The van der Waals surface area contributed by atoms with E-state index < -0.39 is 6.04 Å². The number of benzene rings is 2. The Hall–Kier alpha value is -2.04. The molecule has 166 valence electrons. The fourth-order valence-corrected chi connectivity index (χ4v) is 4.42. The van der Waals surface area contributed by atoms with E-state index in [1.165, 1.54) is 0 Å². The molecule has 1 saturated carbocycles. The van der Waals surface area contributed by atoms with Crippen molar-refractivity contribution in [2.45, 2.75) is 71.0 Å². The van der Waals surface area contributed by atoms with Crippen molar-refractivity contribution in [2.75, 3.05) is 0 Å². The maximum Gasteiger partial charge on any atom is 0.243 e. The molecule has 1 aliphatic rings. The summed E-state index contributed by atoms with van der Waals surface area (Å²) in [7, 11) is 0. The first-order valence-corrected chi connectivity index (χ1v) is 11.7. The average molecular weight is 461 g/mol. The Kier molecular flexibility index (Phi) is 8.39. The summed E-state index contributed by atoms with van der Waals surface area (Å²) in [4.78, 5) is 28.2. The molecule has 3 rings (SSSR count). The Morgan fingerprint density at radius 3 is 2.29 bits per heavy atom. The molecule has 0 radical (unpaired) electrons. The van der Waals surface area contributed by atoms with Gasteiger partial charge in [0, 0.05) is 12.6 Å². The third-order valence-electron chi connectivity index (χ3n) is 5.90. The molecule has 0 bridgehead atoms. The highest BCUT2D eigenvalue weighted by Crippen LogP contribution is 2.24. The number of nitrogens with one attached hydrogen (secondary N) is 1. The van der Waals surface area contributed by atoms with Gasteiger partial charge >= 0.3 is 0 Å². The van der Waals surface area contributed by atoms with E-state index >= 15 is 0 Å². The Bertz CT molecular complexity index is 908. The topological polar surface area (TPSA) is 49.4 Å². The number of nitrogens with zero attached hydrogens (tertiary/aromatic N) is 1. The Labute approximate surface area is 194 Å². The van der Waals surface area contributed by atoms with Crippen molar-refractivity contribution in [3.63, 3.8) is 0 Å². The predicted octanol–water partition coefficient (Wildman–Crippen LogP) is 5.71. The van der Waals surface area contributed by atoms with Gasteiger partial charge in [-0.3, -0.25) is 9.59 Å². The minimum absolute atomic E-state index is 0.0657. The largest absolute Gasteiger partial charge is 0.352 e. The standard InChI is InChI=1S/C25H30Cl2N2O2/c1-3-23(25(31)28-20-6-4-5-7-20)29(16-18-10-8-17(2)9-11-18)24(30)15-19-12-13-21(26)22(27)14-19/h8-14,20,23H,3-7,15-16H2,1-2H3,(H,28,31)/t23-/m1/s1. The fraction of sp³-hybridized carbons (Fsp3) is 0.440. The molecule has 4 nitrogen and oxygen atoms in total. The summed E-state index contributed by atoms with van der Waals surface area (Å²) in [5, 5.41) is 4.04. The lowest BCUT2D eigenvalue weighted by atomic mass is 10.1. The van der Waals surface area contributed by atoms with E-state index in [9.17, 15) is 9.59 Å². The zero-order chi connectivity index (χ0) is 22.4. The highest BCUT2D eigenvalue weighted by atomic mass is 35.5. The van der Waals surface area contributed by atoms with E-state index in [4.69, 9.17) is 23.2 Å². The first kappa shape index (κ1) is 23.6. The van der Waals surface area contributed by atoms with Crippen LogP contribution in [-0.4, -0.2) is 28.8 Å². The molecule has 1 fully saturated rings. The SMILES string of the molecule is CC[C@H](C(=O)NC1CCCC1)N(Cc1ccc(C)cc1)C(=O)Cc1ccc(Cl)c(Cl)c1. The molecule has 0 aliphatic heterocycles. The number of amides is 2. The molecule has 31 heavy (non-hydrogen) atoms. The smallest absolute Gasteiger partial charge is 0.243 e. The number of rotatable bonds is 8. The van der Waals surface area contributed by atoms with Gasteiger partial charge in [-0.25, -0.2) is 0 Å². The summed E-state index contributed by atoms with van der Waals surface area (Å²) in [5.74, 6) is -0.170. The zero-order valence-electron chi connectivity index (χ0n) is 18.2. The zero-order valence-corrected chi connectivity index (χ0v) is 19.7. The highest BCUT2D eigenvalue weighted by molar-refractivity contribution is 6.42. The summed E-state index contributed by atoms with van der Waals surface area (Å²) in [5.41, 5.74) is 2.93. The van der Waals surface area contributed by atoms with Gasteiger partial charge in [0.2, 0.25) is 11.8 Å². The van der Waals surface area contributed by atoms with Gasteiger partial charge in [0.15, 0.2) is 0 Å². The molecule has 2 aromatic carbocycles. The van der Waals surface area contributed by atoms with Crippen molar-refractivity contribution in [3.8, 4) is 0 Å². The molecule has 1 atom stereocenters. The van der Waals surface area contributed by atoms with E-state index in [-0.39, 0.29) is 24.3 Å². The first-order chi connectivity index (χ1) is 14.9. The molecule has 0 aromatic heterocycles. The van der Waals surface area contributed by atoms with E-state index in [0.717, 1.165) is 42.4 Å². The highest BCUT2D eigenvalue weighted by Gasteiger charge is 2.30. The molecule has 1 aliphatic carbocycles. The number of carbonyl (C=O) groups is 2. The lowest BCUT2D eigenvalue weighted by Crippen LogP contribution is -2.51. The molecule has 0 saturated heterocycles. The average Bonchev–Trinajstić information content (AvgIpc) is 3.25. The van der Waals surface area contributed by atoms with Crippen LogP contribution in [0.2, 0.25) is 10.0 Å². The summed E-state index contributed by atoms with van der Waals surface area (Å²) in [6.45, 7) is 4.37. The molecule has 2 aromatic rings. The van der Waals surface area contributed by atoms with Crippen molar-refractivity contribution >= 4 is 35.0 Å². The second-order valence-electron chi connectivity index (χ2n) is 8.35. The Morgan fingerprint density at radius 2 is 1.68 bits per heavy atom. The van der Waals surface area contributed by atoms with Gasteiger partial charge in [-0.1, -0.05) is 78.9 Å². The minimum atomic E-state index is -0.517. The monoisotopic (exact) mass is 460 g/mol. The van der Waals surface area contributed by atoms with Crippen molar-refractivity contribution in [2.24, 2.45) is 0 Å². The number of hydrogen-bond donors (Lipinski definition) is 1. The van der Waals surface area contributed by atoms with E-state index in [1.807, 2.05) is 38.1 Å². The maximum absolute atomic E-state index is 13.4. The van der Waals surface area contributed by atoms with Crippen LogP contribution in [0.3, 0.4) is 0 Å². The van der Waals surface area contributed by atoms with Gasteiger partial charge < -0.3 is 10.2 Å². The number of aryl methyl sites for hydroxylation is 1. The molecule has 0 unspecified atom stereocenters. The van der Waals surface area contributed by atoms with Gasteiger partial charge in [0.1, 0.15) is 6.04 Å². The van der Waals surface area contributed by atoms with Crippen LogP contribution in [0.25, 0.3) is 0 Å². The summed E-state index contributed by atoms with van der Waals surface area (Å²) >= 11 is 12.2. The van der Waals surface area contributed by atoms with E-state index in [0.29, 0.717) is 23.0 Å². The van der Waals surface area contributed by atoms with Gasteiger partial charge in [0.05, 0.1) is 16.5 Å². The molecule has 2 amide bonds. The fourth-order valence-electron chi connectivity index (χ4n) is 4.10. The van der Waals surface area contributed by atoms with Crippen molar-refractivity contribution in [1.29, 1.82) is 0 Å². The first-order valence-electron chi connectivity index (χ1n) is 11.0. The van der Waals surface area contributed by atoms with Crippen LogP contribution < -0.4 is 5.32 Å². The van der Waals surface area contributed by atoms with E-state index in [2.05, 4.69) is 5.32 Å². The normalized spacial score (nSPS) is 15.0. The van der Waals surface area contributed by atoms with Crippen molar-refractivity contribution in [1.82, 2.24) is 10.2 Å². The van der Waals surface area contributed by atoms with Gasteiger partial charge in [-0.15, -0.1) is 0 Å². The summed E-state index contributed by atoms with van der Waals surface area (Å²) in [6.07, 6.45) is 5.03. The molecule has 0 heterocycles. The Morgan fingerprint density at radius 1 is 1.03 bits per heavy atom. The third kappa shape index (κ3) is 6.47. The maximum atomic E-state index is 13.4. The van der Waals surface area contributed by atoms with Crippen LogP contribution in [0, 0.1) is 6.92 Å². The number of hydrogen-bond acceptors (Lipinski definition) is 2. The number of halogens is 2. The van der Waals surface area contributed by atoms with Crippen LogP contribution in [-0.2, 0) is 22.6 Å². The van der Waals surface area contributed by atoms with Crippen LogP contribution in [0.1, 0.15) is 55.7 Å². The van der Waals surface area contributed by atoms with Gasteiger partial charge in [0.25, 0.3) is 0 Å². The predicted molar refractivity (Wildman–Crippen MR) is 126 cm³/mol. The summed E-state index contributed by atoms with van der Waals surface area (Å²) in [6, 6.07) is 13.0. The molecular weight excluding hydrogens is 431 g/mol. The van der Waals surface area contributed by atoms with Gasteiger partial charge in [-0.05, 0) is 49.4 Å². The van der Waals surface area contributed by atoms with Crippen LogP contribution in [0.4, 0.5) is 0 Å². The molecule has 6 heteroatoms. The minimum Gasteiger partial charge on any atom is -0.352 e. The second-order valence-corrected chi connectivity index (χ2v) is 9.16. The molecule has 1 N–H and O–H groups in total. The summed E-state index contributed by atoms with van der Waals surface area (Å²) < 4.78 is 0. The molecular formula is C25H30Cl2N2O2. The van der Waals surface area contributed by atoms with Crippen LogP contribution in [0.5, 0.6) is 0 Å².